The molecule has 0 saturated carbocycles. The van der Waals surface area contributed by atoms with Crippen LogP contribution in [0.15, 0.2) is 42.5 Å². The summed E-state index contributed by atoms with van der Waals surface area (Å²) in [6, 6.07) is 13.9. The maximum Gasteiger partial charge on any atom is 0.263 e. The fraction of sp³-hybridized carbons (Fsp3) is 0.409. The molecular weight excluding hydrogens is 360 g/mol. The average Bonchev–Trinajstić information content (AvgIpc) is 2.67. The van der Waals surface area contributed by atoms with E-state index in [1.807, 2.05) is 49.1 Å². The minimum atomic E-state index is -0.441. The standard InChI is InChI=1S/C22H27ClN2O2/c1-4-20(27-21-9-8-16(2)14-17(21)3)22(26)25-12-10-24(11-13-25)19-7-5-6-18(23)15-19/h5-9,14-15,20H,4,10-13H2,1-3H3/t20-/m0/s1. The molecule has 0 aliphatic carbocycles. The molecule has 4 nitrogen and oxygen atoms in total. The molecule has 144 valence electrons. The molecule has 0 unspecified atom stereocenters. The number of carbonyl (C=O) groups is 1. The van der Waals surface area contributed by atoms with Crippen molar-refractivity contribution in [2.45, 2.75) is 33.3 Å². The predicted octanol–water partition coefficient (Wildman–Crippen LogP) is 4.46. The van der Waals surface area contributed by atoms with E-state index in [0.717, 1.165) is 35.1 Å². The highest BCUT2D eigenvalue weighted by molar-refractivity contribution is 6.30. The molecule has 0 aromatic heterocycles. The highest BCUT2D eigenvalue weighted by Gasteiger charge is 2.28. The number of amides is 1. The van der Waals surface area contributed by atoms with Gasteiger partial charge in [-0.05, 0) is 50.1 Å². The van der Waals surface area contributed by atoms with Gasteiger partial charge in [-0.2, -0.15) is 0 Å². The zero-order chi connectivity index (χ0) is 19.4. The molecule has 1 aliphatic heterocycles. The Morgan fingerprint density at radius 3 is 2.48 bits per heavy atom. The largest absolute Gasteiger partial charge is 0.480 e. The van der Waals surface area contributed by atoms with Crippen molar-refractivity contribution >= 4 is 23.2 Å². The molecular formula is C22H27ClN2O2. The molecule has 0 radical (unpaired) electrons. The Kier molecular flexibility index (Phi) is 6.27. The number of hydrogen-bond acceptors (Lipinski definition) is 3. The zero-order valence-electron chi connectivity index (χ0n) is 16.2. The monoisotopic (exact) mass is 386 g/mol. The Morgan fingerprint density at radius 1 is 1.11 bits per heavy atom. The summed E-state index contributed by atoms with van der Waals surface area (Å²) in [4.78, 5) is 17.2. The second kappa shape index (κ2) is 8.66. The molecule has 27 heavy (non-hydrogen) atoms. The van der Waals surface area contributed by atoms with E-state index in [2.05, 4.69) is 24.0 Å². The Bertz CT molecular complexity index is 801. The number of carbonyl (C=O) groups excluding carboxylic acids is 1. The third-order valence-corrected chi connectivity index (χ3v) is 5.25. The molecule has 1 amide bonds. The van der Waals surface area contributed by atoms with Crippen molar-refractivity contribution in [3.05, 3.63) is 58.6 Å². The smallest absolute Gasteiger partial charge is 0.263 e. The number of benzene rings is 2. The van der Waals surface area contributed by atoms with Gasteiger partial charge in [-0.1, -0.05) is 42.3 Å². The van der Waals surface area contributed by atoms with Crippen molar-refractivity contribution in [1.82, 2.24) is 4.90 Å². The summed E-state index contributed by atoms with van der Waals surface area (Å²) in [5, 5.41) is 0.735. The number of halogens is 1. The summed E-state index contributed by atoms with van der Waals surface area (Å²) in [7, 11) is 0. The Labute approximate surface area is 166 Å². The van der Waals surface area contributed by atoms with Crippen LogP contribution in [0.25, 0.3) is 0 Å². The van der Waals surface area contributed by atoms with Crippen LogP contribution in [0.3, 0.4) is 0 Å². The lowest BCUT2D eigenvalue weighted by Crippen LogP contribution is -2.52. The quantitative estimate of drug-likeness (QED) is 0.760. The highest BCUT2D eigenvalue weighted by Crippen LogP contribution is 2.23. The maximum atomic E-state index is 13.0. The number of aryl methyl sites for hydroxylation is 2. The van der Waals surface area contributed by atoms with Crippen molar-refractivity contribution in [3.8, 4) is 5.75 Å². The van der Waals surface area contributed by atoms with E-state index < -0.39 is 6.10 Å². The van der Waals surface area contributed by atoms with Crippen LogP contribution in [0, 0.1) is 13.8 Å². The summed E-state index contributed by atoms with van der Waals surface area (Å²) in [5.74, 6) is 0.863. The Balaban J connectivity index is 1.61. The van der Waals surface area contributed by atoms with Crippen molar-refractivity contribution in [3.63, 3.8) is 0 Å². The van der Waals surface area contributed by atoms with Crippen LogP contribution in [0.4, 0.5) is 5.69 Å². The van der Waals surface area contributed by atoms with Crippen LogP contribution < -0.4 is 9.64 Å². The number of rotatable bonds is 5. The summed E-state index contributed by atoms with van der Waals surface area (Å²) in [6.45, 7) is 9.05. The molecule has 2 aromatic rings. The van der Waals surface area contributed by atoms with E-state index in [1.165, 1.54) is 5.56 Å². The van der Waals surface area contributed by atoms with Gasteiger partial charge in [0.2, 0.25) is 0 Å². The van der Waals surface area contributed by atoms with Gasteiger partial charge in [-0.3, -0.25) is 4.79 Å². The zero-order valence-corrected chi connectivity index (χ0v) is 17.0. The first-order valence-corrected chi connectivity index (χ1v) is 9.89. The lowest BCUT2D eigenvalue weighted by molar-refractivity contribution is -0.139. The van der Waals surface area contributed by atoms with Gasteiger partial charge in [0.1, 0.15) is 5.75 Å². The second-order valence-electron chi connectivity index (χ2n) is 7.08. The van der Waals surface area contributed by atoms with E-state index in [0.29, 0.717) is 19.5 Å². The fourth-order valence-electron chi connectivity index (χ4n) is 3.45. The third kappa shape index (κ3) is 4.75. The summed E-state index contributed by atoms with van der Waals surface area (Å²) in [6.07, 6.45) is 0.213. The summed E-state index contributed by atoms with van der Waals surface area (Å²) >= 11 is 6.10. The van der Waals surface area contributed by atoms with E-state index in [-0.39, 0.29) is 5.91 Å². The highest BCUT2D eigenvalue weighted by atomic mass is 35.5. The number of piperazine rings is 1. The molecule has 0 N–H and O–H groups in total. The van der Waals surface area contributed by atoms with Gasteiger partial charge < -0.3 is 14.5 Å². The van der Waals surface area contributed by atoms with Crippen LogP contribution in [0.5, 0.6) is 5.75 Å². The first kappa shape index (κ1) is 19.6. The third-order valence-electron chi connectivity index (χ3n) is 5.01. The number of hydrogen-bond donors (Lipinski definition) is 0. The second-order valence-corrected chi connectivity index (χ2v) is 7.51. The van der Waals surface area contributed by atoms with Gasteiger partial charge >= 0.3 is 0 Å². The molecule has 3 rings (SSSR count). The predicted molar refractivity (Wildman–Crippen MR) is 111 cm³/mol. The van der Waals surface area contributed by atoms with Crippen molar-refractivity contribution in [2.24, 2.45) is 0 Å². The SMILES string of the molecule is CC[C@H](Oc1ccc(C)cc1C)C(=O)N1CCN(c2cccc(Cl)c2)CC1. The molecule has 2 aromatic carbocycles. The van der Waals surface area contributed by atoms with Crippen LogP contribution >= 0.6 is 11.6 Å². The minimum Gasteiger partial charge on any atom is -0.480 e. The number of nitrogens with zero attached hydrogens (tertiary/aromatic N) is 2. The molecule has 1 atom stereocenters. The van der Waals surface area contributed by atoms with Crippen LogP contribution in [-0.4, -0.2) is 43.1 Å². The Morgan fingerprint density at radius 2 is 1.85 bits per heavy atom. The number of anilines is 1. The lowest BCUT2D eigenvalue weighted by Gasteiger charge is -2.37. The van der Waals surface area contributed by atoms with Gasteiger partial charge in [0.25, 0.3) is 5.91 Å². The van der Waals surface area contributed by atoms with E-state index >= 15 is 0 Å². The van der Waals surface area contributed by atoms with Gasteiger partial charge in [0.05, 0.1) is 0 Å². The maximum absolute atomic E-state index is 13.0. The molecule has 1 aliphatic rings. The molecule has 0 spiro atoms. The molecule has 1 heterocycles. The topological polar surface area (TPSA) is 32.8 Å². The van der Waals surface area contributed by atoms with Gasteiger partial charge in [-0.25, -0.2) is 0 Å². The first-order valence-electron chi connectivity index (χ1n) is 9.51. The van der Waals surface area contributed by atoms with Gasteiger partial charge in [0, 0.05) is 36.9 Å². The molecule has 1 fully saturated rings. The molecule has 1 saturated heterocycles. The van der Waals surface area contributed by atoms with Crippen molar-refractivity contribution in [2.75, 3.05) is 31.1 Å². The minimum absolute atomic E-state index is 0.0724. The molecule has 0 bridgehead atoms. The van der Waals surface area contributed by atoms with E-state index in [1.54, 1.807) is 0 Å². The van der Waals surface area contributed by atoms with Gasteiger partial charge in [-0.15, -0.1) is 0 Å². The van der Waals surface area contributed by atoms with Crippen LogP contribution in [0.2, 0.25) is 5.02 Å². The number of ether oxygens (including phenoxy) is 1. The van der Waals surface area contributed by atoms with Crippen LogP contribution in [-0.2, 0) is 4.79 Å². The van der Waals surface area contributed by atoms with Crippen molar-refractivity contribution < 1.29 is 9.53 Å². The average molecular weight is 387 g/mol. The lowest BCUT2D eigenvalue weighted by atomic mass is 10.1. The first-order chi connectivity index (χ1) is 13.0. The molecule has 5 heteroatoms. The van der Waals surface area contributed by atoms with E-state index in [9.17, 15) is 4.79 Å². The Hall–Kier alpha value is -2.20. The van der Waals surface area contributed by atoms with Crippen LogP contribution in [0.1, 0.15) is 24.5 Å². The summed E-state index contributed by atoms with van der Waals surface area (Å²) < 4.78 is 6.07. The summed E-state index contributed by atoms with van der Waals surface area (Å²) in [5.41, 5.74) is 3.36. The van der Waals surface area contributed by atoms with Gasteiger partial charge in [0.15, 0.2) is 6.10 Å². The van der Waals surface area contributed by atoms with E-state index in [4.69, 9.17) is 16.3 Å². The van der Waals surface area contributed by atoms with Crippen molar-refractivity contribution in [1.29, 1.82) is 0 Å². The normalized spacial score (nSPS) is 15.6. The fourth-order valence-corrected chi connectivity index (χ4v) is 3.64.